The van der Waals surface area contributed by atoms with Crippen LogP contribution in [-0.4, -0.2) is 29.5 Å². The highest BCUT2D eigenvalue weighted by Crippen LogP contribution is 2.27. The second kappa shape index (κ2) is 7.79. The Morgan fingerprint density at radius 3 is 2.44 bits per heavy atom. The van der Waals surface area contributed by atoms with E-state index in [-0.39, 0.29) is 18.6 Å². The largest absolute Gasteiger partial charge is 0.447 e. The van der Waals surface area contributed by atoms with Gasteiger partial charge in [-0.3, -0.25) is 4.79 Å². The number of ether oxygens (including phenoxy) is 1. The van der Waals surface area contributed by atoms with Crippen LogP contribution in [0.2, 0.25) is 0 Å². The zero-order chi connectivity index (χ0) is 17.6. The third kappa shape index (κ3) is 3.79. The Morgan fingerprint density at radius 1 is 1.16 bits per heavy atom. The van der Waals surface area contributed by atoms with Crippen molar-refractivity contribution in [1.82, 2.24) is 4.90 Å². The van der Waals surface area contributed by atoms with Crippen molar-refractivity contribution in [2.24, 2.45) is 0 Å². The molecule has 1 fully saturated rings. The molecule has 4 heteroatoms. The molecule has 25 heavy (non-hydrogen) atoms. The predicted octanol–water partition coefficient (Wildman–Crippen LogP) is 3.94. The topological polar surface area (TPSA) is 46.6 Å². The number of carbonyl (C=O) groups excluding carboxylic acids is 2. The highest BCUT2D eigenvalue weighted by atomic mass is 16.6. The van der Waals surface area contributed by atoms with E-state index in [1.165, 1.54) is 4.90 Å². The molecule has 0 unspecified atom stereocenters. The predicted molar refractivity (Wildman–Crippen MR) is 96.1 cm³/mol. The maximum atomic E-state index is 13.1. The number of allylic oxidation sites excluding steroid dienone is 1. The first-order valence-corrected chi connectivity index (χ1v) is 8.40. The molecule has 4 nitrogen and oxygen atoms in total. The van der Waals surface area contributed by atoms with Gasteiger partial charge in [0, 0.05) is 0 Å². The van der Waals surface area contributed by atoms with Crippen molar-refractivity contribution in [3.8, 4) is 0 Å². The standard InChI is InChI=1S/C21H21NO3/c1-2-9-19(17-12-7-4-8-13-17)20(23)22-18(15-25-21(22)24)14-16-10-5-3-6-11-16/h2-8,10-13,18-19H,1,9,14-15H2/t18-,19-/m1/s1. The molecule has 0 spiro atoms. The van der Waals surface area contributed by atoms with Gasteiger partial charge >= 0.3 is 6.09 Å². The minimum Gasteiger partial charge on any atom is -0.447 e. The van der Waals surface area contributed by atoms with Crippen molar-refractivity contribution in [2.45, 2.75) is 24.8 Å². The summed E-state index contributed by atoms with van der Waals surface area (Å²) >= 11 is 0. The molecule has 0 saturated carbocycles. The molecule has 1 heterocycles. The van der Waals surface area contributed by atoms with Gasteiger partial charge in [0.15, 0.2) is 0 Å². The van der Waals surface area contributed by atoms with E-state index in [1.807, 2.05) is 60.7 Å². The summed E-state index contributed by atoms with van der Waals surface area (Å²) in [5.41, 5.74) is 1.95. The summed E-state index contributed by atoms with van der Waals surface area (Å²) in [5, 5.41) is 0. The van der Waals surface area contributed by atoms with E-state index in [9.17, 15) is 9.59 Å². The SMILES string of the molecule is C=CC[C@@H](C(=O)N1C(=O)OC[C@H]1Cc1ccccc1)c1ccccc1. The number of cyclic esters (lactones) is 1. The van der Waals surface area contributed by atoms with E-state index >= 15 is 0 Å². The maximum Gasteiger partial charge on any atom is 0.417 e. The summed E-state index contributed by atoms with van der Waals surface area (Å²) in [5.74, 6) is -0.655. The Bertz CT molecular complexity index is 742. The normalized spacial score (nSPS) is 17.8. The molecule has 2 atom stereocenters. The first kappa shape index (κ1) is 17.0. The van der Waals surface area contributed by atoms with Crippen molar-refractivity contribution in [3.63, 3.8) is 0 Å². The second-order valence-corrected chi connectivity index (χ2v) is 6.12. The number of carbonyl (C=O) groups is 2. The molecular formula is C21H21NO3. The zero-order valence-corrected chi connectivity index (χ0v) is 14.0. The van der Waals surface area contributed by atoms with Crippen LogP contribution in [0.15, 0.2) is 73.3 Å². The van der Waals surface area contributed by atoms with E-state index in [4.69, 9.17) is 4.74 Å². The van der Waals surface area contributed by atoms with Gasteiger partial charge in [0.2, 0.25) is 5.91 Å². The monoisotopic (exact) mass is 335 g/mol. The highest BCUT2D eigenvalue weighted by Gasteiger charge is 2.40. The number of nitrogens with zero attached hydrogens (tertiary/aromatic N) is 1. The number of rotatable bonds is 6. The highest BCUT2D eigenvalue weighted by molar-refractivity contribution is 5.97. The molecule has 1 aliphatic rings. The van der Waals surface area contributed by atoms with Crippen LogP contribution in [0, 0.1) is 0 Å². The zero-order valence-electron chi connectivity index (χ0n) is 14.0. The molecule has 2 aromatic carbocycles. The first-order valence-electron chi connectivity index (χ1n) is 8.40. The summed E-state index contributed by atoms with van der Waals surface area (Å²) in [6, 6.07) is 19.0. The Balaban J connectivity index is 1.84. The Hall–Kier alpha value is -2.88. The molecule has 128 valence electrons. The van der Waals surface area contributed by atoms with Gasteiger partial charge in [0.05, 0.1) is 12.0 Å². The van der Waals surface area contributed by atoms with Gasteiger partial charge in [-0.2, -0.15) is 0 Å². The van der Waals surface area contributed by atoms with Crippen LogP contribution in [0.4, 0.5) is 4.79 Å². The van der Waals surface area contributed by atoms with Crippen molar-refractivity contribution < 1.29 is 14.3 Å². The van der Waals surface area contributed by atoms with Gasteiger partial charge in [-0.1, -0.05) is 66.7 Å². The Morgan fingerprint density at radius 2 is 1.80 bits per heavy atom. The van der Waals surface area contributed by atoms with Crippen LogP contribution in [0.1, 0.15) is 23.5 Å². The summed E-state index contributed by atoms with van der Waals surface area (Å²) < 4.78 is 5.18. The van der Waals surface area contributed by atoms with Crippen molar-refractivity contribution in [3.05, 3.63) is 84.4 Å². The summed E-state index contributed by atoms with van der Waals surface area (Å²) in [7, 11) is 0. The molecule has 0 radical (unpaired) electrons. The van der Waals surface area contributed by atoms with Gasteiger partial charge in [-0.15, -0.1) is 6.58 Å². The van der Waals surface area contributed by atoms with Crippen molar-refractivity contribution in [2.75, 3.05) is 6.61 Å². The minimum absolute atomic E-state index is 0.227. The van der Waals surface area contributed by atoms with E-state index in [0.717, 1.165) is 11.1 Å². The Kier molecular flexibility index (Phi) is 5.29. The van der Waals surface area contributed by atoms with E-state index in [0.29, 0.717) is 12.8 Å². The number of imide groups is 1. The summed E-state index contributed by atoms with van der Waals surface area (Å²) in [6.45, 7) is 3.99. The van der Waals surface area contributed by atoms with Crippen LogP contribution in [0.5, 0.6) is 0 Å². The fraction of sp³-hybridized carbons (Fsp3) is 0.238. The second-order valence-electron chi connectivity index (χ2n) is 6.12. The summed E-state index contributed by atoms with van der Waals surface area (Å²) in [4.78, 5) is 26.6. The molecule has 3 rings (SSSR count). The van der Waals surface area contributed by atoms with Crippen LogP contribution >= 0.6 is 0 Å². The van der Waals surface area contributed by atoms with Crippen molar-refractivity contribution in [1.29, 1.82) is 0 Å². The number of hydrogen-bond donors (Lipinski definition) is 0. The van der Waals surface area contributed by atoms with Crippen LogP contribution in [0.25, 0.3) is 0 Å². The number of amides is 2. The number of benzene rings is 2. The number of hydrogen-bond acceptors (Lipinski definition) is 3. The fourth-order valence-corrected chi connectivity index (χ4v) is 3.17. The lowest BCUT2D eigenvalue weighted by atomic mass is 9.93. The van der Waals surface area contributed by atoms with E-state index in [1.54, 1.807) is 6.08 Å². The van der Waals surface area contributed by atoms with Gasteiger partial charge in [-0.25, -0.2) is 9.69 Å². The molecule has 2 aromatic rings. The smallest absolute Gasteiger partial charge is 0.417 e. The molecular weight excluding hydrogens is 314 g/mol. The molecule has 2 amide bonds. The first-order chi connectivity index (χ1) is 12.2. The third-order valence-electron chi connectivity index (χ3n) is 4.42. The van der Waals surface area contributed by atoms with Gasteiger partial charge in [0.25, 0.3) is 0 Å². The minimum atomic E-state index is -0.559. The van der Waals surface area contributed by atoms with Crippen LogP contribution in [-0.2, 0) is 16.0 Å². The lowest BCUT2D eigenvalue weighted by molar-refractivity contribution is -0.130. The van der Waals surface area contributed by atoms with Gasteiger partial charge < -0.3 is 4.74 Å². The lowest BCUT2D eigenvalue weighted by Crippen LogP contribution is -2.42. The Labute approximate surface area is 147 Å². The molecule has 0 bridgehead atoms. The van der Waals surface area contributed by atoms with Crippen molar-refractivity contribution >= 4 is 12.0 Å². The molecule has 1 saturated heterocycles. The molecule has 0 aliphatic carbocycles. The maximum absolute atomic E-state index is 13.1. The fourth-order valence-electron chi connectivity index (χ4n) is 3.17. The quantitative estimate of drug-likeness (QED) is 0.751. The average molecular weight is 335 g/mol. The van der Waals surface area contributed by atoms with Crippen LogP contribution in [0.3, 0.4) is 0 Å². The van der Waals surface area contributed by atoms with Gasteiger partial charge in [-0.05, 0) is 24.0 Å². The molecule has 0 N–H and O–H groups in total. The van der Waals surface area contributed by atoms with Gasteiger partial charge in [0.1, 0.15) is 6.61 Å². The summed E-state index contributed by atoms with van der Waals surface area (Å²) in [6.07, 6.45) is 2.22. The average Bonchev–Trinajstić information content (AvgIpc) is 3.01. The van der Waals surface area contributed by atoms with E-state index < -0.39 is 12.0 Å². The molecule has 1 aliphatic heterocycles. The van der Waals surface area contributed by atoms with E-state index in [2.05, 4.69) is 6.58 Å². The third-order valence-corrected chi connectivity index (χ3v) is 4.42. The molecule has 0 aromatic heterocycles. The van der Waals surface area contributed by atoms with Crippen LogP contribution < -0.4 is 0 Å². The lowest BCUT2D eigenvalue weighted by Gasteiger charge is -2.24.